The number of anilines is 1. The number of nitrogens with one attached hydrogen (secondary N) is 2. The largest absolute Gasteiger partial charge is 0.447 e. The van der Waals surface area contributed by atoms with Crippen LogP contribution in [0.25, 0.3) is 10.9 Å². The van der Waals surface area contributed by atoms with Crippen molar-refractivity contribution in [3.8, 4) is 0 Å². The van der Waals surface area contributed by atoms with Gasteiger partial charge in [-0.2, -0.15) is 18.3 Å². The fourth-order valence-corrected chi connectivity index (χ4v) is 4.53. The van der Waals surface area contributed by atoms with E-state index >= 15 is 0 Å². The molecule has 1 aliphatic carbocycles. The number of hydrogen-bond acceptors (Lipinski definition) is 6. The Morgan fingerprint density at radius 1 is 1.21 bits per heavy atom. The minimum Gasteiger partial charge on any atom is -0.447 e. The highest BCUT2D eigenvalue weighted by atomic mass is 35.5. The van der Waals surface area contributed by atoms with Crippen LogP contribution in [0.1, 0.15) is 41.7 Å². The fraction of sp³-hybridized carbons (Fsp3) is 0.440. The molecule has 2 N–H and O–H groups in total. The number of rotatable bonds is 7. The van der Waals surface area contributed by atoms with Crippen molar-refractivity contribution >= 4 is 40.2 Å². The third-order valence-corrected chi connectivity index (χ3v) is 6.47. The van der Waals surface area contributed by atoms with Gasteiger partial charge in [0.15, 0.2) is 0 Å². The zero-order valence-electron chi connectivity index (χ0n) is 20.9. The molecule has 0 spiro atoms. The number of halogens is 4. The van der Waals surface area contributed by atoms with Gasteiger partial charge in [-0.15, -0.1) is 0 Å². The van der Waals surface area contributed by atoms with Crippen LogP contribution in [0.3, 0.4) is 0 Å². The third-order valence-electron chi connectivity index (χ3n) is 6.24. The zero-order valence-corrected chi connectivity index (χ0v) is 21.6. The monoisotopic (exact) mass is 552 g/mol. The smallest absolute Gasteiger partial charge is 0.433 e. The van der Waals surface area contributed by atoms with Gasteiger partial charge in [0.2, 0.25) is 0 Å². The minimum absolute atomic E-state index is 0.112. The molecule has 38 heavy (non-hydrogen) atoms. The highest BCUT2D eigenvalue weighted by Crippen LogP contribution is 2.35. The maximum atomic E-state index is 13.5. The number of carbonyl (C=O) groups excluding carboxylic acids is 2. The minimum atomic E-state index is -4.59. The van der Waals surface area contributed by atoms with Crippen LogP contribution in [0.4, 0.5) is 23.7 Å². The summed E-state index contributed by atoms with van der Waals surface area (Å²) in [6.45, 7) is 0.410. The predicted molar refractivity (Wildman–Crippen MR) is 136 cm³/mol. The van der Waals surface area contributed by atoms with E-state index in [2.05, 4.69) is 20.7 Å². The van der Waals surface area contributed by atoms with Crippen molar-refractivity contribution in [1.82, 2.24) is 25.0 Å². The number of hydrogen-bond donors (Lipinski definition) is 2. The number of amides is 2. The van der Waals surface area contributed by atoms with Crippen LogP contribution < -0.4 is 10.6 Å². The van der Waals surface area contributed by atoms with E-state index in [-0.39, 0.29) is 30.1 Å². The van der Waals surface area contributed by atoms with E-state index in [1.165, 1.54) is 27.9 Å². The first-order chi connectivity index (χ1) is 18.0. The summed E-state index contributed by atoms with van der Waals surface area (Å²) in [7, 11) is 3.16. The molecule has 4 rings (SSSR count). The Hall–Kier alpha value is -3.54. The maximum Gasteiger partial charge on any atom is 0.433 e. The summed E-state index contributed by atoms with van der Waals surface area (Å²) in [6, 6.07) is 5.24. The third kappa shape index (κ3) is 6.85. The normalized spacial score (nSPS) is 17.7. The molecular weight excluding hydrogens is 525 g/mol. The van der Waals surface area contributed by atoms with E-state index in [4.69, 9.17) is 16.3 Å². The Balaban J connectivity index is 1.39. The lowest BCUT2D eigenvalue weighted by molar-refractivity contribution is -0.140. The Kier molecular flexibility index (Phi) is 8.29. The molecule has 3 aromatic rings. The second-order valence-corrected chi connectivity index (χ2v) is 9.83. The van der Waals surface area contributed by atoms with E-state index in [1.807, 2.05) is 0 Å². The maximum absolute atomic E-state index is 13.5. The second-order valence-electron chi connectivity index (χ2n) is 9.39. The number of carbonyl (C=O) groups is 2. The number of pyridine rings is 1. The van der Waals surface area contributed by atoms with E-state index in [9.17, 15) is 22.8 Å². The summed E-state index contributed by atoms with van der Waals surface area (Å²) in [4.78, 5) is 29.4. The summed E-state index contributed by atoms with van der Waals surface area (Å²) in [5, 5.41) is 11.3. The number of benzene rings is 1. The molecule has 1 saturated carbocycles. The van der Waals surface area contributed by atoms with Gasteiger partial charge < -0.3 is 20.3 Å². The summed E-state index contributed by atoms with van der Waals surface area (Å²) in [6.07, 6.45) is 0.757. The van der Waals surface area contributed by atoms with Gasteiger partial charge in [0.05, 0.1) is 23.8 Å². The van der Waals surface area contributed by atoms with Crippen molar-refractivity contribution in [2.24, 2.45) is 0 Å². The lowest BCUT2D eigenvalue weighted by atomic mass is 9.90. The Bertz CT molecular complexity index is 1310. The average molecular weight is 553 g/mol. The highest BCUT2D eigenvalue weighted by Gasteiger charge is 2.34. The summed E-state index contributed by atoms with van der Waals surface area (Å²) in [5.74, 6) is -0.298. The van der Waals surface area contributed by atoms with Gasteiger partial charge in [-0.05, 0) is 49.9 Å². The Labute approximate surface area is 222 Å². The zero-order chi connectivity index (χ0) is 27.4. The number of ether oxygens (including phenoxy) is 1. The van der Waals surface area contributed by atoms with Crippen LogP contribution in [-0.4, -0.2) is 64.5 Å². The molecule has 13 heteroatoms. The summed E-state index contributed by atoms with van der Waals surface area (Å²) >= 11 is 6.10. The quantitative estimate of drug-likeness (QED) is 0.430. The van der Waals surface area contributed by atoms with Crippen LogP contribution in [0.2, 0.25) is 5.02 Å². The number of fused-ring (bicyclic) bond motifs is 1. The highest BCUT2D eigenvalue weighted by molar-refractivity contribution is 6.31. The van der Waals surface area contributed by atoms with E-state index in [1.54, 1.807) is 26.4 Å². The molecular formula is C25H28ClF3N6O3. The topological polar surface area (TPSA) is 101 Å². The molecule has 2 amide bonds. The second kappa shape index (κ2) is 11.5. The van der Waals surface area contributed by atoms with Crippen LogP contribution >= 0.6 is 11.6 Å². The first-order valence-electron chi connectivity index (χ1n) is 12.1. The summed E-state index contributed by atoms with van der Waals surface area (Å²) < 4.78 is 47.0. The van der Waals surface area contributed by atoms with Gasteiger partial charge in [-0.1, -0.05) is 11.6 Å². The van der Waals surface area contributed by atoms with Crippen molar-refractivity contribution in [3.63, 3.8) is 0 Å². The number of alkyl halides is 3. The molecule has 204 valence electrons. The molecule has 1 aliphatic rings. The van der Waals surface area contributed by atoms with E-state index < -0.39 is 18.0 Å². The van der Waals surface area contributed by atoms with Gasteiger partial charge in [0.25, 0.3) is 5.91 Å². The van der Waals surface area contributed by atoms with Crippen molar-refractivity contribution in [1.29, 1.82) is 0 Å². The molecule has 2 heterocycles. The average Bonchev–Trinajstić information content (AvgIpc) is 3.33. The van der Waals surface area contributed by atoms with Gasteiger partial charge >= 0.3 is 12.3 Å². The number of nitrogens with zero attached hydrogens (tertiary/aromatic N) is 4. The molecule has 0 aliphatic heterocycles. The molecule has 1 fully saturated rings. The lowest BCUT2D eigenvalue weighted by Gasteiger charge is -2.31. The predicted octanol–water partition coefficient (Wildman–Crippen LogP) is 4.95. The van der Waals surface area contributed by atoms with Gasteiger partial charge in [-0.3, -0.25) is 9.48 Å². The molecule has 0 saturated heterocycles. The molecule has 0 bridgehead atoms. The first-order valence-corrected chi connectivity index (χ1v) is 12.5. The molecule has 0 unspecified atom stereocenters. The van der Waals surface area contributed by atoms with E-state index in [0.717, 1.165) is 25.3 Å². The molecule has 1 aromatic carbocycles. The van der Waals surface area contributed by atoms with E-state index in [0.29, 0.717) is 34.6 Å². The lowest BCUT2D eigenvalue weighted by Crippen LogP contribution is -2.41. The molecule has 0 radical (unpaired) electrons. The number of aromatic nitrogens is 3. The SMILES string of the molecule is CN(C)C(=O)OCCn1cc(C(=O)N[C@@H]2CCC[C@H](Nc3cc(C(F)(F)F)nc4ccc(Cl)cc34)C2)cn1. The molecule has 2 aromatic heterocycles. The van der Waals surface area contributed by atoms with Gasteiger partial charge in [-0.25, -0.2) is 9.78 Å². The first kappa shape index (κ1) is 27.5. The van der Waals surface area contributed by atoms with Gasteiger partial charge in [0.1, 0.15) is 12.3 Å². The van der Waals surface area contributed by atoms with Crippen LogP contribution in [0, 0.1) is 0 Å². The van der Waals surface area contributed by atoms with Crippen molar-refractivity contribution in [2.75, 3.05) is 26.0 Å². The summed E-state index contributed by atoms with van der Waals surface area (Å²) in [5.41, 5.74) is -0.119. The Morgan fingerprint density at radius 3 is 2.71 bits per heavy atom. The fourth-order valence-electron chi connectivity index (χ4n) is 4.36. The van der Waals surface area contributed by atoms with Gasteiger partial charge in [0, 0.05) is 48.5 Å². The molecule has 2 atom stereocenters. The van der Waals surface area contributed by atoms with Crippen LogP contribution in [-0.2, 0) is 17.5 Å². The van der Waals surface area contributed by atoms with Crippen LogP contribution in [0.15, 0.2) is 36.7 Å². The standard InChI is InChI=1S/C25H28ClF3N6O3/c1-34(2)24(37)38-9-8-35-14-15(13-30-35)23(36)32-18-5-3-4-17(11-18)31-21-12-22(25(27,28)29)33-20-7-6-16(26)10-19(20)21/h6-7,10,12-14,17-18H,3-5,8-9,11H2,1-2H3,(H,31,33)(H,32,36)/t17-,18+/m0/s1. The van der Waals surface area contributed by atoms with Crippen molar-refractivity contribution in [3.05, 3.63) is 52.9 Å². The molecule has 9 nitrogen and oxygen atoms in total. The Morgan fingerprint density at radius 2 is 1.97 bits per heavy atom. The van der Waals surface area contributed by atoms with Crippen LogP contribution in [0.5, 0.6) is 0 Å². The van der Waals surface area contributed by atoms with Crippen molar-refractivity contribution in [2.45, 2.75) is 50.5 Å². The van der Waals surface area contributed by atoms with Crippen molar-refractivity contribution < 1.29 is 27.5 Å².